The Labute approximate surface area is 127 Å². The van der Waals surface area contributed by atoms with E-state index < -0.39 is 0 Å². The van der Waals surface area contributed by atoms with E-state index in [-0.39, 0.29) is 12.4 Å². The van der Waals surface area contributed by atoms with Gasteiger partial charge in [0.1, 0.15) is 5.75 Å². The summed E-state index contributed by atoms with van der Waals surface area (Å²) in [6, 6.07) is 8.83. The Morgan fingerprint density at radius 3 is 2.85 bits per heavy atom. The average Bonchev–Trinajstić information content (AvgIpc) is 3.18. The quantitative estimate of drug-likeness (QED) is 0.918. The van der Waals surface area contributed by atoms with Crippen molar-refractivity contribution in [1.82, 2.24) is 4.90 Å². The summed E-state index contributed by atoms with van der Waals surface area (Å²) in [5, 5.41) is 9.78. The maximum absolute atomic E-state index is 9.78. The maximum Gasteiger partial charge on any atom is 0.115 e. The monoisotopic (exact) mass is 293 g/mol. The topological polar surface area (TPSA) is 23.5 Å². The molecule has 1 aromatic rings. The number of phenols is 1. The third-order valence-corrected chi connectivity index (χ3v) is 5.49. The van der Waals surface area contributed by atoms with E-state index in [1.165, 1.54) is 57.2 Å². The van der Waals surface area contributed by atoms with Gasteiger partial charge in [-0.25, -0.2) is 0 Å². The van der Waals surface area contributed by atoms with Crippen molar-refractivity contribution in [2.45, 2.75) is 50.0 Å². The lowest BCUT2D eigenvalue weighted by Gasteiger charge is -2.32. The smallest absolute Gasteiger partial charge is 0.115 e. The highest BCUT2D eigenvalue weighted by Gasteiger charge is 2.48. The normalized spacial score (nSPS) is 32.9. The number of halogens is 1. The lowest BCUT2D eigenvalue weighted by Crippen LogP contribution is -2.31. The molecule has 2 atom stereocenters. The first-order valence-electron chi connectivity index (χ1n) is 7.79. The van der Waals surface area contributed by atoms with Gasteiger partial charge in [0.25, 0.3) is 0 Å². The predicted octanol–water partition coefficient (Wildman–Crippen LogP) is 3.72. The van der Waals surface area contributed by atoms with Crippen molar-refractivity contribution in [3.63, 3.8) is 0 Å². The molecule has 0 radical (unpaired) electrons. The third-order valence-electron chi connectivity index (χ3n) is 5.49. The van der Waals surface area contributed by atoms with Crippen LogP contribution in [0.5, 0.6) is 5.75 Å². The van der Waals surface area contributed by atoms with Gasteiger partial charge in [-0.1, -0.05) is 18.6 Å². The van der Waals surface area contributed by atoms with Crippen LogP contribution in [0.4, 0.5) is 0 Å². The number of phenolic OH excluding ortho intramolecular Hbond substituents is 1. The second kappa shape index (κ2) is 5.23. The number of benzene rings is 1. The van der Waals surface area contributed by atoms with Crippen LogP contribution in [-0.4, -0.2) is 29.1 Å². The molecule has 0 aromatic heterocycles. The van der Waals surface area contributed by atoms with Crippen LogP contribution in [0, 0.1) is 5.92 Å². The van der Waals surface area contributed by atoms with Crippen LogP contribution in [-0.2, 0) is 5.41 Å². The number of nitrogens with zero attached hydrogens (tertiary/aromatic N) is 1. The van der Waals surface area contributed by atoms with Gasteiger partial charge in [-0.3, -0.25) is 4.90 Å². The maximum atomic E-state index is 9.78. The highest BCUT2D eigenvalue weighted by atomic mass is 35.5. The van der Waals surface area contributed by atoms with E-state index in [4.69, 9.17) is 0 Å². The summed E-state index contributed by atoms with van der Waals surface area (Å²) in [6.45, 7) is 2.54. The van der Waals surface area contributed by atoms with Crippen molar-refractivity contribution in [3.8, 4) is 5.75 Å². The molecule has 2 saturated carbocycles. The van der Waals surface area contributed by atoms with Crippen LogP contribution in [0.25, 0.3) is 0 Å². The zero-order valence-corrected chi connectivity index (χ0v) is 12.7. The molecule has 0 spiro atoms. The molecule has 3 aliphatic rings. The van der Waals surface area contributed by atoms with Crippen molar-refractivity contribution >= 4 is 12.4 Å². The van der Waals surface area contributed by atoms with E-state index in [9.17, 15) is 5.11 Å². The fourth-order valence-electron chi connectivity index (χ4n) is 4.34. The molecule has 4 rings (SSSR count). The van der Waals surface area contributed by atoms with E-state index in [0.717, 1.165) is 12.0 Å². The van der Waals surface area contributed by atoms with Gasteiger partial charge in [0.15, 0.2) is 0 Å². The van der Waals surface area contributed by atoms with E-state index in [1.54, 1.807) is 6.07 Å². The van der Waals surface area contributed by atoms with Gasteiger partial charge in [0, 0.05) is 24.5 Å². The molecule has 1 saturated heterocycles. The fourth-order valence-corrected chi connectivity index (χ4v) is 4.34. The summed E-state index contributed by atoms with van der Waals surface area (Å²) >= 11 is 0. The van der Waals surface area contributed by atoms with E-state index in [0.29, 0.717) is 11.2 Å². The molecular formula is C17H24ClNO. The molecule has 1 aromatic carbocycles. The molecule has 1 aliphatic heterocycles. The Balaban J connectivity index is 0.00000121. The minimum Gasteiger partial charge on any atom is -0.508 e. The largest absolute Gasteiger partial charge is 0.508 e. The number of likely N-dealkylation sites (tertiary alicyclic amines) is 1. The Morgan fingerprint density at radius 2 is 2.10 bits per heavy atom. The molecule has 2 aliphatic carbocycles. The van der Waals surface area contributed by atoms with Crippen LogP contribution in [0.3, 0.4) is 0 Å². The van der Waals surface area contributed by atoms with Crippen LogP contribution in [0.2, 0.25) is 0 Å². The van der Waals surface area contributed by atoms with E-state index in [1.807, 2.05) is 12.1 Å². The van der Waals surface area contributed by atoms with Gasteiger partial charge in [0.05, 0.1) is 0 Å². The van der Waals surface area contributed by atoms with Gasteiger partial charge in [0.2, 0.25) is 0 Å². The second-order valence-corrected chi connectivity index (χ2v) is 6.95. The Bertz CT molecular complexity index is 488. The molecule has 3 fully saturated rings. The standard InChI is InChI=1S/C17H23NO.ClH/c19-16-5-1-3-14(9-16)17-8-2-4-15(10-17)18(12-17)11-13-6-7-13;/h1,3,5,9,13,15,19H,2,4,6-8,10-12H2;1H. The third kappa shape index (κ3) is 2.44. The Kier molecular flexibility index (Phi) is 3.72. The van der Waals surface area contributed by atoms with Gasteiger partial charge in [-0.2, -0.15) is 0 Å². The molecule has 20 heavy (non-hydrogen) atoms. The molecule has 2 nitrogen and oxygen atoms in total. The van der Waals surface area contributed by atoms with Crippen LogP contribution >= 0.6 is 12.4 Å². The van der Waals surface area contributed by atoms with Crippen molar-refractivity contribution in [2.24, 2.45) is 5.92 Å². The van der Waals surface area contributed by atoms with Crippen molar-refractivity contribution in [1.29, 1.82) is 0 Å². The van der Waals surface area contributed by atoms with Gasteiger partial charge >= 0.3 is 0 Å². The minimum absolute atomic E-state index is 0. The molecule has 1 heterocycles. The SMILES string of the molecule is Cl.Oc1cccc(C23CCCC(C2)N(CC2CC2)C3)c1. The fraction of sp³-hybridized carbons (Fsp3) is 0.647. The zero-order chi connectivity index (χ0) is 12.9. The summed E-state index contributed by atoms with van der Waals surface area (Å²) in [5.74, 6) is 1.41. The van der Waals surface area contributed by atoms with E-state index >= 15 is 0 Å². The highest BCUT2D eigenvalue weighted by molar-refractivity contribution is 5.85. The molecule has 1 N–H and O–H groups in total. The first kappa shape index (κ1) is 14.2. The Morgan fingerprint density at radius 1 is 1.25 bits per heavy atom. The summed E-state index contributed by atoms with van der Waals surface area (Å²) in [5.41, 5.74) is 1.70. The lowest BCUT2D eigenvalue weighted by atomic mass is 9.71. The predicted molar refractivity (Wildman–Crippen MR) is 83.6 cm³/mol. The lowest BCUT2D eigenvalue weighted by molar-refractivity contribution is 0.235. The van der Waals surface area contributed by atoms with E-state index in [2.05, 4.69) is 11.0 Å². The van der Waals surface area contributed by atoms with Crippen LogP contribution in [0.15, 0.2) is 24.3 Å². The van der Waals surface area contributed by atoms with Gasteiger partial charge in [-0.05, 0) is 55.7 Å². The summed E-state index contributed by atoms with van der Waals surface area (Å²) in [4.78, 5) is 2.76. The average molecular weight is 294 g/mol. The second-order valence-electron chi connectivity index (χ2n) is 6.95. The molecule has 0 amide bonds. The number of hydrogen-bond donors (Lipinski definition) is 1. The number of fused-ring (bicyclic) bond motifs is 2. The first-order chi connectivity index (χ1) is 9.25. The van der Waals surface area contributed by atoms with Gasteiger partial charge < -0.3 is 5.11 Å². The van der Waals surface area contributed by atoms with Crippen molar-refractivity contribution in [2.75, 3.05) is 13.1 Å². The molecule has 3 heteroatoms. The minimum atomic E-state index is 0. The summed E-state index contributed by atoms with van der Waals surface area (Å²) in [6.07, 6.45) is 8.23. The summed E-state index contributed by atoms with van der Waals surface area (Å²) < 4.78 is 0. The molecule has 2 unspecified atom stereocenters. The number of aromatic hydroxyl groups is 1. The highest BCUT2D eigenvalue weighted by Crippen LogP contribution is 2.48. The number of rotatable bonds is 3. The first-order valence-corrected chi connectivity index (χ1v) is 7.79. The molecular weight excluding hydrogens is 270 g/mol. The molecule has 2 bridgehead atoms. The zero-order valence-electron chi connectivity index (χ0n) is 11.9. The van der Waals surface area contributed by atoms with Crippen molar-refractivity contribution in [3.05, 3.63) is 29.8 Å². The number of hydrogen-bond acceptors (Lipinski definition) is 2. The van der Waals surface area contributed by atoms with Crippen molar-refractivity contribution < 1.29 is 5.11 Å². The van der Waals surface area contributed by atoms with Gasteiger partial charge in [-0.15, -0.1) is 12.4 Å². The summed E-state index contributed by atoms with van der Waals surface area (Å²) in [7, 11) is 0. The van der Waals surface area contributed by atoms with Crippen LogP contribution < -0.4 is 0 Å². The van der Waals surface area contributed by atoms with Crippen LogP contribution in [0.1, 0.15) is 44.1 Å². The molecule has 110 valence electrons. The Hall–Kier alpha value is -0.730.